The van der Waals surface area contributed by atoms with Gasteiger partial charge in [0.1, 0.15) is 0 Å². The lowest BCUT2D eigenvalue weighted by Crippen LogP contribution is -1.98. The van der Waals surface area contributed by atoms with Crippen molar-refractivity contribution in [3.8, 4) is 11.3 Å². The second-order valence-electron chi connectivity index (χ2n) is 2.82. The lowest BCUT2D eigenvalue weighted by atomic mass is 10.1. The first-order valence-electron chi connectivity index (χ1n) is 4.12. The predicted octanol–water partition coefficient (Wildman–Crippen LogP) is 2.80. The van der Waals surface area contributed by atoms with Crippen LogP contribution < -0.4 is 0 Å². The minimum Gasteiger partial charge on any atom is -0.476 e. The standard InChI is InChI=1S/C10H6BrNO3/c11-7-4-2-1-3-6(7)9-8(10(13)14)12-5-15-9/h1-5H,(H,13,14). The van der Waals surface area contributed by atoms with E-state index < -0.39 is 5.97 Å². The minimum atomic E-state index is -1.10. The summed E-state index contributed by atoms with van der Waals surface area (Å²) in [6.45, 7) is 0. The number of hydrogen-bond acceptors (Lipinski definition) is 3. The summed E-state index contributed by atoms with van der Waals surface area (Å²) in [4.78, 5) is 14.5. The number of nitrogens with zero attached hydrogens (tertiary/aromatic N) is 1. The first kappa shape index (κ1) is 9.92. The number of rotatable bonds is 2. The molecule has 0 fully saturated rings. The summed E-state index contributed by atoms with van der Waals surface area (Å²) in [5, 5.41) is 8.87. The Hall–Kier alpha value is -1.62. The summed E-state index contributed by atoms with van der Waals surface area (Å²) >= 11 is 3.32. The molecule has 1 aromatic carbocycles. The largest absolute Gasteiger partial charge is 0.476 e. The number of benzene rings is 1. The van der Waals surface area contributed by atoms with E-state index in [-0.39, 0.29) is 11.5 Å². The van der Waals surface area contributed by atoms with E-state index in [4.69, 9.17) is 9.52 Å². The molecule has 0 bridgehead atoms. The molecule has 0 aliphatic heterocycles. The van der Waals surface area contributed by atoms with Crippen LogP contribution in [0.3, 0.4) is 0 Å². The van der Waals surface area contributed by atoms with Gasteiger partial charge in [-0.1, -0.05) is 34.1 Å². The highest BCUT2D eigenvalue weighted by Crippen LogP contribution is 2.29. The van der Waals surface area contributed by atoms with Crippen molar-refractivity contribution in [3.63, 3.8) is 0 Å². The Morgan fingerprint density at radius 1 is 1.40 bits per heavy atom. The molecule has 1 aromatic heterocycles. The summed E-state index contributed by atoms with van der Waals surface area (Å²) in [5.41, 5.74) is 0.592. The normalized spacial score (nSPS) is 10.2. The van der Waals surface area contributed by atoms with Gasteiger partial charge in [0.05, 0.1) is 0 Å². The lowest BCUT2D eigenvalue weighted by molar-refractivity contribution is 0.0691. The second-order valence-corrected chi connectivity index (χ2v) is 3.67. The van der Waals surface area contributed by atoms with Gasteiger partial charge in [-0.3, -0.25) is 0 Å². The number of carbonyl (C=O) groups is 1. The van der Waals surface area contributed by atoms with E-state index in [1.165, 1.54) is 0 Å². The van der Waals surface area contributed by atoms with Gasteiger partial charge in [-0.05, 0) is 6.07 Å². The van der Waals surface area contributed by atoms with Gasteiger partial charge in [0, 0.05) is 10.0 Å². The van der Waals surface area contributed by atoms with Crippen molar-refractivity contribution in [2.24, 2.45) is 0 Å². The number of aromatic carboxylic acids is 1. The van der Waals surface area contributed by atoms with Crippen LogP contribution in [0.5, 0.6) is 0 Å². The van der Waals surface area contributed by atoms with Crippen molar-refractivity contribution in [1.82, 2.24) is 4.98 Å². The highest BCUT2D eigenvalue weighted by Gasteiger charge is 2.18. The monoisotopic (exact) mass is 267 g/mol. The van der Waals surface area contributed by atoms with Crippen LogP contribution in [-0.2, 0) is 0 Å². The Balaban J connectivity index is 2.59. The zero-order valence-electron chi connectivity index (χ0n) is 7.48. The van der Waals surface area contributed by atoms with Crippen molar-refractivity contribution in [2.45, 2.75) is 0 Å². The van der Waals surface area contributed by atoms with Crippen LogP contribution in [0.4, 0.5) is 0 Å². The van der Waals surface area contributed by atoms with Crippen LogP contribution in [-0.4, -0.2) is 16.1 Å². The molecular weight excluding hydrogens is 262 g/mol. The van der Waals surface area contributed by atoms with E-state index in [1.807, 2.05) is 12.1 Å². The number of aromatic nitrogens is 1. The average Bonchev–Trinajstić information content (AvgIpc) is 2.67. The van der Waals surface area contributed by atoms with Crippen molar-refractivity contribution in [1.29, 1.82) is 0 Å². The Labute approximate surface area is 93.7 Å². The van der Waals surface area contributed by atoms with Crippen LogP contribution in [0.25, 0.3) is 11.3 Å². The van der Waals surface area contributed by atoms with Gasteiger partial charge in [-0.2, -0.15) is 0 Å². The van der Waals surface area contributed by atoms with Gasteiger partial charge in [0.2, 0.25) is 0 Å². The van der Waals surface area contributed by atoms with Crippen LogP contribution in [0.15, 0.2) is 39.5 Å². The van der Waals surface area contributed by atoms with Gasteiger partial charge < -0.3 is 9.52 Å². The molecule has 0 atom stereocenters. The maximum Gasteiger partial charge on any atom is 0.358 e. The molecule has 0 aliphatic rings. The topological polar surface area (TPSA) is 63.3 Å². The fourth-order valence-corrected chi connectivity index (χ4v) is 1.70. The quantitative estimate of drug-likeness (QED) is 0.909. The summed E-state index contributed by atoms with van der Waals surface area (Å²) in [6, 6.07) is 7.21. The highest BCUT2D eigenvalue weighted by atomic mass is 79.9. The van der Waals surface area contributed by atoms with Crippen molar-refractivity contribution in [2.75, 3.05) is 0 Å². The van der Waals surface area contributed by atoms with Crippen LogP contribution in [0.2, 0.25) is 0 Å². The second kappa shape index (κ2) is 3.86. The zero-order chi connectivity index (χ0) is 10.8. The zero-order valence-corrected chi connectivity index (χ0v) is 9.06. The molecule has 0 aliphatic carbocycles. The van der Waals surface area contributed by atoms with Crippen LogP contribution >= 0.6 is 15.9 Å². The molecule has 4 nitrogen and oxygen atoms in total. The molecule has 15 heavy (non-hydrogen) atoms. The molecule has 0 saturated carbocycles. The third-order valence-electron chi connectivity index (χ3n) is 1.89. The van der Waals surface area contributed by atoms with E-state index in [1.54, 1.807) is 12.1 Å². The molecule has 0 spiro atoms. The van der Waals surface area contributed by atoms with E-state index in [0.29, 0.717) is 5.56 Å². The maximum absolute atomic E-state index is 10.8. The van der Waals surface area contributed by atoms with Crippen LogP contribution in [0, 0.1) is 0 Å². The summed E-state index contributed by atoms with van der Waals surface area (Å²) < 4.78 is 5.84. The third kappa shape index (κ3) is 1.78. The van der Waals surface area contributed by atoms with E-state index in [9.17, 15) is 4.79 Å². The molecular formula is C10H6BrNO3. The average molecular weight is 268 g/mol. The minimum absolute atomic E-state index is 0.0816. The molecule has 0 saturated heterocycles. The number of carboxylic acids is 1. The van der Waals surface area contributed by atoms with Gasteiger partial charge >= 0.3 is 5.97 Å². The molecule has 2 aromatic rings. The Kier molecular flexibility index (Phi) is 2.55. The summed E-state index contributed by atoms with van der Waals surface area (Å²) in [6.07, 6.45) is 1.12. The molecule has 0 radical (unpaired) electrons. The van der Waals surface area contributed by atoms with Crippen molar-refractivity contribution < 1.29 is 14.3 Å². The smallest absolute Gasteiger partial charge is 0.358 e. The van der Waals surface area contributed by atoms with Gasteiger partial charge in [0.25, 0.3) is 0 Å². The van der Waals surface area contributed by atoms with Gasteiger partial charge in [-0.25, -0.2) is 9.78 Å². The first-order valence-corrected chi connectivity index (χ1v) is 4.91. The van der Waals surface area contributed by atoms with Gasteiger partial charge in [0.15, 0.2) is 17.8 Å². The fourth-order valence-electron chi connectivity index (χ4n) is 1.23. The molecule has 1 N–H and O–H groups in total. The van der Waals surface area contributed by atoms with Crippen molar-refractivity contribution in [3.05, 3.63) is 40.8 Å². The molecule has 5 heteroatoms. The SMILES string of the molecule is O=C(O)c1ncoc1-c1ccccc1Br. The van der Waals surface area contributed by atoms with E-state index in [0.717, 1.165) is 10.9 Å². The number of halogens is 1. The van der Waals surface area contributed by atoms with E-state index in [2.05, 4.69) is 20.9 Å². The Morgan fingerprint density at radius 3 is 2.80 bits per heavy atom. The maximum atomic E-state index is 10.8. The molecule has 0 unspecified atom stereocenters. The van der Waals surface area contributed by atoms with Crippen LogP contribution in [0.1, 0.15) is 10.5 Å². The number of carboxylic acid groups (broad SMARTS) is 1. The number of hydrogen-bond donors (Lipinski definition) is 1. The molecule has 1 heterocycles. The molecule has 2 rings (SSSR count). The summed E-state index contributed by atoms with van der Waals surface area (Å²) in [7, 11) is 0. The third-order valence-corrected chi connectivity index (χ3v) is 2.58. The Morgan fingerprint density at radius 2 is 2.13 bits per heavy atom. The molecule has 76 valence electrons. The first-order chi connectivity index (χ1) is 7.20. The Bertz CT molecular complexity index is 507. The van der Waals surface area contributed by atoms with Gasteiger partial charge in [-0.15, -0.1) is 0 Å². The lowest BCUT2D eigenvalue weighted by Gasteiger charge is -2.00. The molecule has 0 amide bonds. The fraction of sp³-hybridized carbons (Fsp3) is 0. The van der Waals surface area contributed by atoms with Crippen molar-refractivity contribution >= 4 is 21.9 Å². The highest BCUT2D eigenvalue weighted by molar-refractivity contribution is 9.10. The number of oxazole rings is 1. The predicted molar refractivity (Wildman–Crippen MR) is 56.6 cm³/mol. The summed E-state index contributed by atoms with van der Waals surface area (Å²) in [5.74, 6) is -0.843. The van der Waals surface area contributed by atoms with E-state index >= 15 is 0 Å².